The number of aryl methyl sites for hydroxylation is 1. The first-order chi connectivity index (χ1) is 15.2. The maximum absolute atomic E-state index is 13.1. The van der Waals surface area contributed by atoms with Gasteiger partial charge in [-0.05, 0) is 61.1 Å². The predicted molar refractivity (Wildman–Crippen MR) is 121 cm³/mol. The molecule has 162 valence electrons. The van der Waals surface area contributed by atoms with E-state index in [1.165, 1.54) is 22.9 Å². The summed E-state index contributed by atoms with van der Waals surface area (Å²) in [5.41, 5.74) is 3.59. The van der Waals surface area contributed by atoms with Gasteiger partial charge >= 0.3 is 0 Å². The quantitative estimate of drug-likeness (QED) is 0.479. The van der Waals surface area contributed by atoms with Gasteiger partial charge in [0.1, 0.15) is 5.75 Å². The molecule has 3 aromatic rings. The predicted octanol–water partition coefficient (Wildman–Crippen LogP) is 4.63. The van der Waals surface area contributed by atoms with Crippen LogP contribution in [0.2, 0.25) is 0 Å². The molecule has 4 rings (SSSR count). The van der Waals surface area contributed by atoms with Gasteiger partial charge in [0.15, 0.2) is 0 Å². The molecule has 1 aliphatic carbocycles. The van der Waals surface area contributed by atoms with Crippen molar-refractivity contribution in [3.63, 3.8) is 0 Å². The lowest BCUT2D eigenvalue weighted by Gasteiger charge is -2.35. The second-order valence-corrected chi connectivity index (χ2v) is 8.57. The molecule has 1 aliphatic rings. The summed E-state index contributed by atoms with van der Waals surface area (Å²) in [5, 5.41) is 8.62. The first kappa shape index (κ1) is 21.4. The minimum Gasteiger partial charge on any atom is -0.497 e. The number of aromatic nitrogens is 2. The Morgan fingerprint density at radius 3 is 2.68 bits per heavy atom. The molecule has 0 bridgehead atoms. The lowest BCUT2D eigenvalue weighted by atomic mass is 9.87. The van der Waals surface area contributed by atoms with Crippen molar-refractivity contribution in [2.24, 2.45) is 0 Å². The third-order valence-corrected chi connectivity index (χ3v) is 6.41. The van der Waals surface area contributed by atoms with Crippen LogP contribution in [0.5, 0.6) is 5.75 Å². The molecule has 0 fully saturated rings. The van der Waals surface area contributed by atoms with E-state index in [4.69, 9.17) is 9.15 Å². The van der Waals surface area contributed by atoms with E-state index < -0.39 is 0 Å². The summed E-state index contributed by atoms with van der Waals surface area (Å²) < 4.78 is 10.9. The van der Waals surface area contributed by atoms with Crippen LogP contribution in [0.3, 0.4) is 0 Å². The summed E-state index contributed by atoms with van der Waals surface area (Å²) in [6, 6.07) is 16.2. The molecule has 31 heavy (non-hydrogen) atoms. The Bertz CT molecular complexity index is 1020. The zero-order valence-corrected chi connectivity index (χ0v) is 18.7. The molecule has 0 saturated heterocycles. The fourth-order valence-corrected chi connectivity index (χ4v) is 4.67. The van der Waals surface area contributed by atoms with Gasteiger partial charge in [0.05, 0.1) is 12.9 Å². The molecule has 0 radical (unpaired) electrons. The van der Waals surface area contributed by atoms with Gasteiger partial charge < -0.3 is 14.1 Å². The molecule has 1 amide bonds. The fraction of sp³-hybridized carbons (Fsp3) is 0.375. The van der Waals surface area contributed by atoms with Gasteiger partial charge in [-0.25, -0.2) is 0 Å². The molecular formula is C24H27N3O3S. The lowest BCUT2D eigenvalue weighted by Crippen LogP contribution is -2.44. The van der Waals surface area contributed by atoms with E-state index in [9.17, 15) is 4.79 Å². The van der Waals surface area contributed by atoms with Crippen molar-refractivity contribution in [2.75, 3.05) is 19.4 Å². The number of carbonyl (C=O) groups excluding carboxylic acids is 1. The van der Waals surface area contributed by atoms with Gasteiger partial charge in [-0.2, -0.15) is 0 Å². The van der Waals surface area contributed by atoms with Crippen molar-refractivity contribution in [3.05, 3.63) is 59.7 Å². The van der Waals surface area contributed by atoms with Crippen LogP contribution in [0.4, 0.5) is 0 Å². The number of hydrogen-bond donors (Lipinski definition) is 0. The molecule has 0 spiro atoms. The first-order valence-corrected chi connectivity index (χ1v) is 11.6. The van der Waals surface area contributed by atoms with Gasteiger partial charge in [-0.15, -0.1) is 10.2 Å². The van der Waals surface area contributed by atoms with E-state index in [1.54, 1.807) is 7.11 Å². The molecule has 0 saturated carbocycles. The topological polar surface area (TPSA) is 68.5 Å². The number of methoxy groups -OCH3 is 1. The van der Waals surface area contributed by atoms with Crippen LogP contribution in [-0.2, 0) is 17.6 Å². The van der Waals surface area contributed by atoms with E-state index >= 15 is 0 Å². The van der Waals surface area contributed by atoms with Gasteiger partial charge in [0.2, 0.25) is 11.8 Å². The van der Waals surface area contributed by atoms with Crippen LogP contribution in [0, 0.1) is 0 Å². The average Bonchev–Trinajstić information content (AvgIpc) is 3.30. The summed E-state index contributed by atoms with van der Waals surface area (Å²) in [6.07, 6.45) is 3.90. The summed E-state index contributed by atoms with van der Waals surface area (Å²) in [7, 11) is 1.63. The van der Waals surface area contributed by atoms with Gasteiger partial charge in [-0.1, -0.05) is 43.0 Å². The molecule has 1 atom stereocenters. The van der Waals surface area contributed by atoms with Crippen molar-refractivity contribution in [1.29, 1.82) is 0 Å². The summed E-state index contributed by atoms with van der Waals surface area (Å²) in [6.45, 7) is 2.89. The molecular weight excluding hydrogens is 410 g/mol. The molecule has 0 N–H and O–H groups in total. The Balaban J connectivity index is 1.38. The zero-order valence-electron chi connectivity index (χ0n) is 17.9. The molecule has 2 aromatic carbocycles. The fourth-order valence-electron chi connectivity index (χ4n) is 4.02. The summed E-state index contributed by atoms with van der Waals surface area (Å²) >= 11 is 1.30. The number of carbonyl (C=O) groups is 1. The minimum absolute atomic E-state index is 0.125. The Morgan fingerprint density at radius 1 is 1.16 bits per heavy atom. The van der Waals surface area contributed by atoms with Crippen LogP contribution in [-0.4, -0.2) is 46.5 Å². The maximum Gasteiger partial charge on any atom is 0.277 e. The number of rotatable bonds is 8. The largest absolute Gasteiger partial charge is 0.497 e. The van der Waals surface area contributed by atoms with Crippen molar-refractivity contribution < 1.29 is 13.9 Å². The SMILES string of the molecule is CCCN(C(=O)CSc1nnc(-c2ccc(OC)cc2)o1)C1CCc2ccccc2C1. The molecule has 0 aliphatic heterocycles. The van der Waals surface area contributed by atoms with Gasteiger partial charge in [0, 0.05) is 18.2 Å². The standard InChI is InChI=1S/C24H27N3O3S/c1-3-14-27(20-11-8-17-6-4-5-7-19(17)15-20)22(28)16-31-24-26-25-23(30-24)18-9-12-21(29-2)13-10-18/h4-7,9-10,12-13,20H,3,8,11,14-16H2,1-2H3. The number of hydrogen-bond acceptors (Lipinski definition) is 6. The monoisotopic (exact) mass is 437 g/mol. The van der Waals surface area contributed by atoms with Crippen molar-refractivity contribution in [2.45, 2.75) is 43.9 Å². The number of thioether (sulfide) groups is 1. The van der Waals surface area contributed by atoms with E-state index in [-0.39, 0.29) is 11.9 Å². The van der Waals surface area contributed by atoms with Crippen molar-refractivity contribution >= 4 is 17.7 Å². The second-order valence-electron chi connectivity index (χ2n) is 7.64. The average molecular weight is 438 g/mol. The third kappa shape index (κ3) is 5.10. The Morgan fingerprint density at radius 2 is 1.94 bits per heavy atom. The smallest absolute Gasteiger partial charge is 0.277 e. The van der Waals surface area contributed by atoms with E-state index in [0.717, 1.165) is 43.5 Å². The molecule has 1 unspecified atom stereocenters. The lowest BCUT2D eigenvalue weighted by molar-refractivity contribution is -0.130. The minimum atomic E-state index is 0.125. The van der Waals surface area contributed by atoms with Crippen LogP contribution < -0.4 is 4.74 Å². The maximum atomic E-state index is 13.1. The van der Waals surface area contributed by atoms with Gasteiger partial charge in [0.25, 0.3) is 5.22 Å². The highest BCUT2D eigenvalue weighted by molar-refractivity contribution is 7.99. The Hall–Kier alpha value is -2.80. The number of fused-ring (bicyclic) bond motifs is 1. The number of nitrogens with zero attached hydrogens (tertiary/aromatic N) is 3. The van der Waals surface area contributed by atoms with Crippen LogP contribution in [0.15, 0.2) is 58.2 Å². The Labute approximate surface area is 187 Å². The van der Waals surface area contributed by atoms with E-state index in [2.05, 4.69) is 41.4 Å². The summed E-state index contributed by atoms with van der Waals surface area (Å²) in [4.78, 5) is 15.1. The van der Waals surface area contributed by atoms with Crippen LogP contribution >= 0.6 is 11.8 Å². The number of amides is 1. The number of ether oxygens (including phenoxy) is 1. The molecule has 1 aromatic heterocycles. The second kappa shape index (κ2) is 10.0. The molecule has 6 nitrogen and oxygen atoms in total. The van der Waals surface area contributed by atoms with E-state index in [0.29, 0.717) is 16.9 Å². The molecule has 7 heteroatoms. The van der Waals surface area contributed by atoms with Crippen LogP contribution in [0.25, 0.3) is 11.5 Å². The highest BCUT2D eigenvalue weighted by atomic mass is 32.2. The zero-order chi connectivity index (χ0) is 21.6. The van der Waals surface area contributed by atoms with Gasteiger partial charge in [-0.3, -0.25) is 4.79 Å². The molecule has 1 heterocycles. The number of benzene rings is 2. The Kier molecular flexibility index (Phi) is 6.92. The first-order valence-electron chi connectivity index (χ1n) is 10.6. The van der Waals surface area contributed by atoms with Crippen LogP contribution in [0.1, 0.15) is 30.9 Å². The normalized spacial score (nSPS) is 15.4. The highest BCUT2D eigenvalue weighted by Gasteiger charge is 2.27. The van der Waals surface area contributed by atoms with E-state index in [1.807, 2.05) is 29.2 Å². The van der Waals surface area contributed by atoms with Crippen molar-refractivity contribution in [3.8, 4) is 17.2 Å². The third-order valence-electron chi connectivity index (χ3n) is 5.61. The summed E-state index contributed by atoms with van der Waals surface area (Å²) in [5.74, 6) is 1.62. The highest BCUT2D eigenvalue weighted by Crippen LogP contribution is 2.27. The van der Waals surface area contributed by atoms with Crippen molar-refractivity contribution in [1.82, 2.24) is 15.1 Å².